The molecule has 4 nitrogen and oxygen atoms in total. The van der Waals surface area contributed by atoms with Gasteiger partial charge >= 0.3 is 0 Å². The van der Waals surface area contributed by atoms with Gasteiger partial charge in [-0.15, -0.1) is 0 Å². The Balaban J connectivity index is 2.37. The molecule has 1 aliphatic rings. The second kappa shape index (κ2) is 4.53. The first-order chi connectivity index (χ1) is 8.06. The van der Waals surface area contributed by atoms with Crippen molar-refractivity contribution in [3.05, 3.63) is 18.4 Å². The van der Waals surface area contributed by atoms with Crippen LogP contribution in [0.3, 0.4) is 0 Å². The number of nitrogens with one attached hydrogen (secondary N) is 1. The Morgan fingerprint density at radius 1 is 1.53 bits per heavy atom. The zero-order valence-electron chi connectivity index (χ0n) is 10.7. The number of carbonyl (C=O) groups excluding carboxylic acids is 1. The van der Waals surface area contributed by atoms with Crippen LogP contribution in [0.5, 0.6) is 0 Å². The van der Waals surface area contributed by atoms with Crippen molar-refractivity contribution in [2.24, 2.45) is 0 Å². The Kier molecular flexibility index (Phi) is 3.24. The van der Waals surface area contributed by atoms with Gasteiger partial charge in [0.1, 0.15) is 0 Å². The zero-order valence-corrected chi connectivity index (χ0v) is 10.7. The highest BCUT2D eigenvalue weighted by molar-refractivity contribution is 5.97. The van der Waals surface area contributed by atoms with Gasteiger partial charge in [-0.1, -0.05) is 0 Å². The van der Waals surface area contributed by atoms with Crippen molar-refractivity contribution >= 4 is 11.8 Å². The van der Waals surface area contributed by atoms with Crippen LogP contribution in [0.1, 0.15) is 33.1 Å². The van der Waals surface area contributed by atoms with E-state index in [-0.39, 0.29) is 17.5 Å². The normalized spacial score (nSPS) is 24.8. The Morgan fingerprint density at radius 2 is 2.29 bits per heavy atom. The van der Waals surface area contributed by atoms with Crippen molar-refractivity contribution in [2.45, 2.75) is 44.7 Å². The van der Waals surface area contributed by atoms with Crippen molar-refractivity contribution in [2.75, 3.05) is 11.9 Å². The minimum absolute atomic E-state index is 0.102. The van der Waals surface area contributed by atoms with Gasteiger partial charge in [-0.05, 0) is 46.2 Å². The smallest absolute Gasteiger partial charge is 0.246 e. The third-order valence-electron chi connectivity index (χ3n) is 3.48. The fraction of sp³-hybridized carbons (Fsp3) is 0.615. The van der Waals surface area contributed by atoms with E-state index in [1.165, 1.54) is 0 Å². The Labute approximate surface area is 102 Å². The van der Waals surface area contributed by atoms with Crippen LogP contribution < -0.4 is 10.2 Å². The summed E-state index contributed by atoms with van der Waals surface area (Å²) in [6.07, 6.45) is 4.52. The third-order valence-corrected chi connectivity index (χ3v) is 3.48. The van der Waals surface area contributed by atoms with E-state index in [1.54, 1.807) is 11.2 Å². The zero-order chi connectivity index (χ0) is 12.5. The van der Waals surface area contributed by atoms with E-state index in [2.05, 4.69) is 19.2 Å². The molecule has 1 aliphatic heterocycles. The summed E-state index contributed by atoms with van der Waals surface area (Å²) in [5, 5.41) is 3.09. The molecule has 1 aromatic rings. The summed E-state index contributed by atoms with van der Waals surface area (Å²) in [4.78, 5) is 14.3. The number of rotatable bonds is 2. The van der Waals surface area contributed by atoms with E-state index in [1.807, 2.05) is 19.2 Å². The monoisotopic (exact) mass is 236 g/mol. The number of likely N-dealkylation sites (N-methyl/N-ethyl adjacent to an activating group) is 1. The highest BCUT2D eigenvalue weighted by Gasteiger charge is 2.39. The molecule has 0 saturated carbocycles. The highest BCUT2D eigenvalue weighted by Crippen LogP contribution is 2.32. The lowest BCUT2D eigenvalue weighted by Crippen LogP contribution is -2.52. The van der Waals surface area contributed by atoms with Gasteiger partial charge in [0.2, 0.25) is 11.8 Å². The third kappa shape index (κ3) is 2.22. The largest absolute Gasteiger partial charge is 0.448 e. The van der Waals surface area contributed by atoms with Gasteiger partial charge in [0, 0.05) is 11.6 Å². The average molecular weight is 236 g/mol. The number of amides is 1. The number of furan rings is 1. The van der Waals surface area contributed by atoms with Gasteiger partial charge < -0.3 is 9.73 Å². The first-order valence-corrected chi connectivity index (χ1v) is 6.11. The molecule has 4 heteroatoms. The van der Waals surface area contributed by atoms with E-state index in [4.69, 9.17) is 4.42 Å². The van der Waals surface area contributed by atoms with Crippen LogP contribution in [0.25, 0.3) is 0 Å². The van der Waals surface area contributed by atoms with E-state index in [0.29, 0.717) is 5.88 Å². The molecule has 1 fully saturated rings. The molecule has 0 spiro atoms. The lowest BCUT2D eigenvalue weighted by Gasteiger charge is -2.36. The lowest BCUT2D eigenvalue weighted by molar-refractivity contribution is -0.121. The standard InChI is InChI=1S/C13H20N2O2/c1-13(2)8-4-6-10(14-3)12(16)15(13)11-7-5-9-17-11/h5,7,9-10,14H,4,6,8H2,1-3H3. The second-order valence-electron chi connectivity index (χ2n) is 5.17. The number of carbonyl (C=O) groups is 1. The minimum Gasteiger partial charge on any atom is -0.448 e. The Morgan fingerprint density at radius 3 is 2.88 bits per heavy atom. The molecular formula is C13H20N2O2. The van der Waals surface area contributed by atoms with Crippen LogP contribution in [-0.2, 0) is 4.79 Å². The van der Waals surface area contributed by atoms with Crippen LogP contribution in [0, 0.1) is 0 Å². The molecular weight excluding hydrogens is 216 g/mol. The molecule has 1 aromatic heterocycles. The number of nitrogens with zero attached hydrogens (tertiary/aromatic N) is 1. The molecule has 1 amide bonds. The van der Waals surface area contributed by atoms with Crippen LogP contribution in [-0.4, -0.2) is 24.5 Å². The molecule has 0 radical (unpaired) electrons. The average Bonchev–Trinajstić information content (AvgIpc) is 2.73. The Hall–Kier alpha value is -1.29. The van der Waals surface area contributed by atoms with Crippen molar-refractivity contribution < 1.29 is 9.21 Å². The van der Waals surface area contributed by atoms with Crippen LogP contribution in [0.2, 0.25) is 0 Å². The molecule has 0 bridgehead atoms. The molecule has 94 valence electrons. The molecule has 2 rings (SSSR count). The fourth-order valence-corrected chi connectivity index (χ4v) is 2.50. The Bertz CT molecular complexity index is 384. The van der Waals surface area contributed by atoms with E-state index >= 15 is 0 Å². The maximum atomic E-state index is 12.5. The van der Waals surface area contributed by atoms with Crippen molar-refractivity contribution in [1.82, 2.24) is 5.32 Å². The maximum Gasteiger partial charge on any atom is 0.246 e. The molecule has 0 aliphatic carbocycles. The maximum absolute atomic E-state index is 12.5. The molecule has 1 atom stereocenters. The van der Waals surface area contributed by atoms with Gasteiger partial charge in [0.05, 0.1) is 12.3 Å². The predicted octanol–water partition coefficient (Wildman–Crippen LogP) is 2.16. The summed E-state index contributed by atoms with van der Waals surface area (Å²) in [5.74, 6) is 0.743. The lowest BCUT2D eigenvalue weighted by atomic mass is 9.97. The van der Waals surface area contributed by atoms with Crippen molar-refractivity contribution in [3.63, 3.8) is 0 Å². The quantitative estimate of drug-likeness (QED) is 0.856. The molecule has 1 N–H and O–H groups in total. The van der Waals surface area contributed by atoms with Crippen LogP contribution in [0.15, 0.2) is 22.8 Å². The topological polar surface area (TPSA) is 45.5 Å². The summed E-state index contributed by atoms with van der Waals surface area (Å²) < 4.78 is 5.40. The summed E-state index contributed by atoms with van der Waals surface area (Å²) in [6, 6.07) is 3.55. The fourth-order valence-electron chi connectivity index (χ4n) is 2.50. The van der Waals surface area contributed by atoms with E-state index in [9.17, 15) is 4.79 Å². The van der Waals surface area contributed by atoms with Gasteiger partial charge in [0.15, 0.2) is 0 Å². The first kappa shape index (κ1) is 12.2. The van der Waals surface area contributed by atoms with E-state index < -0.39 is 0 Å². The summed E-state index contributed by atoms with van der Waals surface area (Å²) in [6.45, 7) is 4.18. The molecule has 17 heavy (non-hydrogen) atoms. The van der Waals surface area contributed by atoms with Gasteiger partial charge in [-0.3, -0.25) is 9.69 Å². The number of hydrogen-bond donors (Lipinski definition) is 1. The molecule has 0 aromatic carbocycles. The van der Waals surface area contributed by atoms with Crippen LogP contribution >= 0.6 is 0 Å². The summed E-state index contributed by atoms with van der Waals surface area (Å²) in [5.41, 5.74) is -0.194. The van der Waals surface area contributed by atoms with Crippen molar-refractivity contribution in [3.8, 4) is 0 Å². The summed E-state index contributed by atoms with van der Waals surface area (Å²) in [7, 11) is 1.83. The number of anilines is 1. The van der Waals surface area contributed by atoms with Gasteiger partial charge in [-0.2, -0.15) is 0 Å². The molecule has 1 saturated heterocycles. The highest BCUT2D eigenvalue weighted by atomic mass is 16.3. The number of hydrogen-bond acceptors (Lipinski definition) is 3. The van der Waals surface area contributed by atoms with Gasteiger partial charge in [-0.25, -0.2) is 0 Å². The molecule has 1 unspecified atom stereocenters. The van der Waals surface area contributed by atoms with E-state index in [0.717, 1.165) is 19.3 Å². The van der Waals surface area contributed by atoms with Gasteiger partial charge in [0.25, 0.3) is 0 Å². The second-order valence-corrected chi connectivity index (χ2v) is 5.17. The first-order valence-electron chi connectivity index (χ1n) is 6.11. The molecule has 2 heterocycles. The minimum atomic E-state index is -0.194. The SMILES string of the molecule is CNC1CCCC(C)(C)N(c2ccco2)C1=O. The van der Waals surface area contributed by atoms with Crippen molar-refractivity contribution in [1.29, 1.82) is 0 Å². The van der Waals surface area contributed by atoms with Crippen LogP contribution in [0.4, 0.5) is 5.88 Å². The summed E-state index contributed by atoms with van der Waals surface area (Å²) >= 11 is 0. The predicted molar refractivity (Wildman–Crippen MR) is 67.0 cm³/mol.